The van der Waals surface area contributed by atoms with Crippen LogP contribution in [0.25, 0.3) is 0 Å². The smallest absolute Gasteiger partial charge is 0.328 e. The van der Waals surface area contributed by atoms with Gasteiger partial charge < -0.3 is 12.8 Å². The van der Waals surface area contributed by atoms with Gasteiger partial charge in [0.25, 0.3) is 0 Å². The molecule has 6 aliphatic rings. The van der Waals surface area contributed by atoms with Gasteiger partial charge in [-0.25, -0.2) is 0 Å². The largest absolute Gasteiger partial charge is 2.00 e. The summed E-state index contributed by atoms with van der Waals surface area (Å²) in [4.78, 5) is 0. The van der Waals surface area contributed by atoms with E-state index in [1.54, 1.807) is 25.7 Å². The van der Waals surface area contributed by atoms with Crippen molar-refractivity contribution in [2.24, 2.45) is 47.3 Å². The molecule has 0 bridgehead atoms. The first-order valence-electron chi connectivity index (χ1n) is 37.8. The fourth-order valence-corrected chi connectivity index (χ4v) is 10.1. The van der Waals surface area contributed by atoms with Crippen LogP contribution in [0.15, 0.2) is 78.9 Å². The second-order valence-electron chi connectivity index (χ2n) is 23.7. The summed E-state index contributed by atoms with van der Waals surface area (Å²) in [5, 5.41) is 0. The van der Waals surface area contributed by atoms with Crippen LogP contribution in [-0.2, 0) is 42.1 Å². The van der Waals surface area contributed by atoms with Gasteiger partial charge in [-0.15, -0.1) is 0 Å². The minimum absolute atomic E-state index is 0. The average Bonchev–Trinajstić information content (AvgIpc) is 3.75. The molecule has 3 aromatic rings. The molecule has 0 amide bonds. The Labute approximate surface area is 585 Å². The van der Waals surface area contributed by atoms with Crippen LogP contribution in [0, 0.1) is 93.1 Å². The van der Waals surface area contributed by atoms with E-state index in [1.807, 2.05) is 150 Å². The predicted octanol–water partition coefficient (Wildman–Crippen LogP) is 31.0. The molecule has 87 heavy (non-hydrogen) atoms. The van der Waals surface area contributed by atoms with Crippen LogP contribution < -0.4 is 0 Å². The SMILES string of the molecule is CC.CC.CC.CC.CC.CC.CC1CCC(C2CCC(C)CC2)CC1.CC1CCCCC1.CC1CC[CH-]CC1.CC1CC[CH-]CC1.CCC.CCC.CCC.CCC1CCCCC1.Cc1cc[c-]cc1.Cc1cc[c-]cc1.Cc1ccccc1.[W+2].[W+2]. The van der Waals surface area contributed by atoms with Gasteiger partial charge in [-0.3, -0.25) is 0 Å². The Morgan fingerprint density at radius 1 is 0.310 bits per heavy atom. The molecule has 6 fully saturated rings. The minimum atomic E-state index is 0. The van der Waals surface area contributed by atoms with E-state index in [0.717, 1.165) is 47.3 Å². The van der Waals surface area contributed by atoms with Gasteiger partial charge in [0.2, 0.25) is 0 Å². The third-order valence-electron chi connectivity index (χ3n) is 15.1. The van der Waals surface area contributed by atoms with Gasteiger partial charge in [0.15, 0.2) is 0 Å². The summed E-state index contributed by atoms with van der Waals surface area (Å²) in [5.74, 6) is 8.40. The summed E-state index contributed by atoms with van der Waals surface area (Å²) in [6, 6.07) is 31.9. The van der Waals surface area contributed by atoms with Gasteiger partial charge in [0, 0.05) is 0 Å². The third-order valence-corrected chi connectivity index (χ3v) is 15.1. The average molecular weight is 1550 g/mol. The Hall–Kier alpha value is -0.963. The van der Waals surface area contributed by atoms with Gasteiger partial charge in [-0.05, 0) is 80.0 Å². The minimum Gasteiger partial charge on any atom is -0.328 e. The first-order chi connectivity index (χ1) is 41.3. The zero-order valence-corrected chi connectivity index (χ0v) is 70.7. The Morgan fingerprint density at radius 3 is 0.701 bits per heavy atom. The normalized spacial score (nSPS) is 18.7. The zero-order chi connectivity index (χ0) is 66.6. The van der Waals surface area contributed by atoms with E-state index in [2.05, 4.69) is 141 Å². The molecule has 0 N–H and O–H groups in total. The Kier molecular flexibility index (Phi) is 119. The van der Waals surface area contributed by atoms with E-state index in [9.17, 15) is 0 Å². The van der Waals surface area contributed by atoms with Crippen molar-refractivity contribution < 1.29 is 42.1 Å². The topological polar surface area (TPSA) is 0 Å². The van der Waals surface area contributed by atoms with Gasteiger partial charge >= 0.3 is 42.1 Å². The predicted molar refractivity (Wildman–Crippen MR) is 402 cm³/mol. The Balaban J connectivity index is -0.0000000937. The van der Waals surface area contributed by atoms with E-state index in [4.69, 9.17) is 0 Å². The van der Waals surface area contributed by atoms with E-state index in [-0.39, 0.29) is 42.1 Å². The first-order valence-corrected chi connectivity index (χ1v) is 37.8. The van der Waals surface area contributed by atoms with Crippen molar-refractivity contribution in [3.63, 3.8) is 0 Å². The van der Waals surface area contributed by atoms with Crippen molar-refractivity contribution in [2.45, 2.75) is 380 Å². The van der Waals surface area contributed by atoms with Crippen LogP contribution in [0.2, 0.25) is 0 Å². The van der Waals surface area contributed by atoms with Crippen LogP contribution in [0.5, 0.6) is 0 Å². The summed E-state index contributed by atoms with van der Waals surface area (Å²) in [5.41, 5.74) is 3.90. The zero-order valence-electron chi connectivity index (χ0n) is 64.8. The standard InChI is InChI=1S/C14H26.C8H16.C7H14.2C7H13.C7H8.2C7H7.3C3H8.6C2H6.2W/c1-11-3-7-13(8-4-11)14-9-5-12(2)6-10-14;1-2-8-6-4-3-5-7-8;6*1-7-5-3-2-4-6-7;3*1-3-2;6*1-2;;/h11-14H,3-10H2,1-2H3;8H,2-7H2,1H3;7H,2-6H2,1H3;2*2,7H,3-6H2,1H3;2-6H,1H3;2*3-6H,1H3;3*3H2,1-2H3;6*1-2H3;;/q;;;2*-1;;2*-1;;;;;;;;;;2*+2. The van der Waals surface area contributed by atoms with E-state index in [0.29, 0.717) is 0 Å². The van der Waals surface area contributed by atoms with Crippen molar-refractivity contribution in [3.8, 4) is 0 Å². The number of hydrogen-bond acceptors (Lipinski definition) is 0. The Bertz CT molecular complexity index is 1260. The molecule has 516 valence electrons. The Morgan fingerprint density at radius 2 is 0.540 bits per heavy atom. The maximum atomic E-state index is 2.93. The molecule has 0 nitrogen and oxygen atoms in total. The van der Waals surface area contributed by atoms with E-state index >= 15 is 0 Å². The van der Waals surface area contributed by atoms with Gasteiger partial charge in [-0.2, -0.15) is 97.5 Å². The van der Waals surface area contributed by atoms with E-state index < -0.39 is 0 Å². The van der Waals surface area contributed by atoms with Gasteiger partial charge in [0.05, 0.1) is 0 Å². The molecule has 3 aromatic carbocycles. The molecule has 0 saturated heterocycles. The second-order valence-corrected chi connectivity index (χ2v) is 23.7. The van der Waals surface area contributed by atoms with Gasteiger partial charge in [-0.1, -0.05) is 357 Å². The molecule has 9 rings (SSSR count). The summed E-state index contributed by atoms with van der Waals surface area (Å²) in [6.07, 6.45) is 48.3. The number of hydrogen-bond donors (Lipinski definition) is 0. The summed E-state index contributed by atoms with van der Waals surface area (Å²) >= 11 is 0. The van der Waals surface area contributed by atoms with Crippen LogP contribution in [0.3, 0.4) is 0 Å². The van der Waals surface area contributed by atoms with Crippen LogP contribution in [0.1, 0.15) is 375 Å². The molecule has 0 atom stereocenters. The molecule has 6 saturated carbocycles. The van der Waals surface area contributed by atoms with Crippen LogP contribution in [0.4, 0.5) is 0 Å². The van der Waals surface area contributed by atoms with Gasteiger partial charge in [0.1, 0.15) is 0 Å². The van der Waals surface area contributed by atoms with Crippen molar-refractivity contribution in [1.29, 1.82) is 0 Å². The maximum absolute atomic E-state index is 2.93. The molecule has 6 aliphatic carbocycles. The molecule has 0 heterocycles. The number of benzene rings is 3. The molecule has 0 unspecified atom stereocenters. The maximum Gasteiger partial charge on any atom is 2.00 e. The molecular weight excluding hydrogens is 1390 g/mol. The molecule has 2 heteroatoms. The first kappa shape index (κ1) is 108. The van der Waals surface area contributed by atoms with Crippen molar-refractivity contribution >= 4 is 0 Å². The van der Waals surface area contributed by atoms with Crippen molar-refractivity contribution in [3.05, 3.63) is 121 Å². The fourth-order valence-electron chi connectivity index (χ4n) is 10.1. The molecule has 0 radical (unpaired) electrons. The molecule has 0 aromatic heterocycles. The van der Waals surface area contributed by atoms with Crippen LogP contribution >= 0.6 is 0 Å². The summed E-state index contributed by atoms with van der Waals surface area (Å²) in [7, 11) is 0. The fraction of sp³-hybridized carbons (Fsp3) is 0.765. The quantitative estimate of drug-likeness (QED) is 0.224. The molecular formula is C85H164W2. The molecule has 0 spiro atoms. The van der Waals surface area contributed by atoms with Crippen molar-refractivity contribution in [2.75, 3.05) is 0 Å². The van der Waals surface area contributed by atoms with Crippen molar-refractivity contribution in [1.82, 2.24) is 0 Å². The van der Waals surface area contributed by atoms with Crippen LogP contribution in [-0.4, -0.2) is 0 Å². The molecule has 0 aliphatic heterocycles. The summed E-state index contributed by atoms with van der Waals surface area (Å²) < 4.78 is 0. The number of rotatable bonds is 2. The number of aryl methyl sites for hydroxylation is 3. The monoisotopic (exact) mass is 1550 g/mol. The second kappa shape index (κ2) is 96.1. The summed E-state index contributed by atoms with van der Waals surface area (Å²) in [6.45, 7) is 57.2. The van der Waals surface area contributed by atoms with E-state index in [1.165, 1.54) is 184 Å². The third kappa shape index (κ3) is 89.3.